The molecule has 0 rings (SSSR count). The molecule has 0 amide bonds. The summed E-state index contributed by atoms with van der Waals surface area (Å²) in [7, 11) is 3.75. The second-order valence-electron chi connectivity index (χ2n) is 3.27. The molecule has 1 heteroatoms. The second kappa shape index (κ2) is 17.2. The summed E-state index contributed by atoms with van der Waals surface area (Å²) in [5.41, 5.74) is 0. The minimum absolute atomic E-state index is 1.37. The van der Waals surface area contributed by atoms with E-state index in [1.165, 1.54) is 44.9 Å². The fourth-order valence-electron chi connectivity index (χ4n) is 1.03. The monoisotopic (exact) mass is 173 g/mol. The van der Waals surface area contributed by atoms with Crippen molar-refractivity contribution in [3.63, 3.8) is 0 Å². The molecule has 0 aromatic heterocycles. The molecule has 0 saturated heterocycles. The molecule has 0 aliphatic carbocycles. The van der Waals surface area contributed by atoms with Crippen LogP contribution in [-0.2, 0) is 0 Å². The van der Waals surface area contributed by atoms with Gasteiger partial charge < -0.3 is 5.32 Å². The summed E-state index contributed by atoms with van der Waals surface area (Å²) >= 11 is 0. The summed E-state index contributed by atoms with van der Waals surface area (Å²) in [6.07, 6.45) is 9.97. The Morgan fingerprint density at radius 1 is 0.667 bits per heavy atom. The Bertz CT molecular complexity index is 47.0. The summed E-state index contributed by atoms with van der Waals surface area (Å²) in [4.78, 5) is 0. The van der Waals surface area contributed by atoms with Crippen LogP contribution in [-0.4, -0.2) is 14.1 Å². The zero-order chi connectivity index (χ0) is 9.66. The van der Waals surface area contributed by atoms with Crippen molar-refractivity contribution in [1.29, 1.82) is 0 Å². The molecule has 0 unspecified atom stereocenters. The van der Waals surface area contributed by atoms with Gasteiger partial charge in [-0.05, 0) is 14.1 Å². The number of hydrogen-bond acceptors (Lipinski definition) is 1. The lowest BCUT2D eigenvalue weighted by atomic mass is 10.1. The van der Waals surface area contributed by atoms with Crippen LogP contribution in [0.5, 0.6) is 0 Å². The molecular weight excluding hydrogens is 146 g/mol. The van der Waals surface area contributed by atoms with Gasteiger partial charge in [0.15, 0.2) is 0 Å². The van der Waals surface area contributed by atoms with Crippen LogP contribution in [0, 0.1) is 0 Å². The molecule has 76 valence electrons. The van der Waals surface area contributed by atoms with Crippen molar-refractivity contribution in [3.05, 3.63) is 0 Å². The smallest absolute Gasteiger partial charge is 0.0167 e. The summed E-state index contributed by atoms with van der Waals surface area (Å²) in [6.45, 7) is 4.53. The lowest BCUT2D eigenvalue weighted by Crippen LogP contribution is -1.89. The highest BCUT2D eigenvalue weighted by Crippen LogP contribution is 2.05. The van der Waals surface area contributed by atoms with E-state index in [2.05, 4.69) is 19.2 Å². The Hall–Kier alpha value is -0.0400. The Morgan fingerprint density at radius 2 is 0.917 bits per heavy atom. The van der Waals surface area contributed by atoms with Crippen molar-refractivity contribution >= 4 is 0 Å². The summed E-state index contributed by atoms with van der Waals surface area (Å²) in [5, 5.41) is 2.75. The number of nitrogens with one attached hydrogen (secondary N) is 1. The highest BCUT2D eigenvalue weighted by molar-refractivity contribution is 4.41. The van der Waals surface area contributed by atoms with Crippen molar-refractivity contribution in [2.45, 2.75) is 58.8 Å². The molecule has 0 aromatic carbocycles. The Kier molecular flexibility index (Phi) is 20.7. The fraction of sp³-hybridized carbons (Fsp3) is 1.00. The third-order valence-corrected chi connectivity index (χ3v) is 1.71. The molecule has 0 saturated carbocycles. The van der Waals surface area contributed by atoms with Gasteiger partial charge >= 0.3 is 0 Å². The largest absolute Gasteiger partial charge is 0.323 e. The van der Waals surface area contributed by atoms with Crippen molar-refractivity contribution in [3.8, 4) is 0 Å². The van der Waals surface area contributed by atoms with Gasteiger partial charge in [0, 0.05) is 0 Å². The molecule has 0 aliphatic rings. The van der Waals surface area contributed by atoms with Crippen molar-refractivity contribution in [2.75, 3.05) is 14.1 Å². The first-order valence-electron chi connectivity index (χ1n) is 5.41. The highest BCUT2D eigenvalue weighted by atomic mass is 14.7. The van der Waals surface area contributed by atoms with Crippen LogP contribution in [0.2, 0.25) is 0 Å². The maximum Gasteiger partial charge on any atom is -0.0167 e. The number of rotatable bonds is 6. The van der Waals surface area contributed by atoms with Crippen LogP contribution in [0.4, 0.5) is 0 Å². The van der Waals surface area contributed by atoms with Crippen LogP contribution in [0.1, 0.15) is 58.8 Å². The van der Waals surface area contributed by atoms with E-state index < -0.39 is 0 Å². The van der Waals surface area contributed by atoms with E-state index >= 15 is 0 Å². The van der Waals surface area contributed by atoms with E-state index in [0.717, 1.165) is 0 Å². The number of hydrogen-bond donors (Lipinski definition) is 1. The van der Waals surface area contributed by atoms with Crippen LogP contribution in [0.15, 0.2) is 0 Å². The van der Waals surface area contributed by atoms with Gasteiger partial charge in [-0.3, -0.25) is 0 Å². The SMILES string of the molecule is CCCCCCCCC.CNC. The molecular formula is C11H27N. The quantitative estimate of drug-likeness (QED) is 0.605. The predicted octanol–water partition coefficient (Wildman–Crippen LogP) is 3.59. The van der Waals surface area contributed by atoms with E-state index in [-0.39, 0.29) is 0 Å². The first-order chi connectivity index (χ1) is 5.83. The van der Waals surface area contributed by atoms with Gasteiger partial charge in [-0.15, -0.1) is 0 Å². The van der Waals surface area contributed by atoms with Gasteiger partial charge in [0.1, 0.15) is 0 Å². The maximum atomic E-state index is 2.75. The Balaban J connectivity index is 0. The van der Waals surface area contributed by atoms with Gasteiger partial charge in [-0.2, -0.15) is 0 Å². The molecule has 0 atom stereocenters. The molecule has 0 radical (unpaired) electrons. The minimum Gasteiger partial charge on any atom is -0.323 e. The standard InChI is InChI=1S/C9H20.C2H7N/c1-3-5-7-9-8-6-4-2;1-3-2/h3-9H2,1-2H3;3H,1-2H3. The minimum atomic E-state index is 1.37. The topological polar surface area (TPSA) is 12.0 Å². The normalized spacial score (nSPS) is 9.00. The van der Waals surface area contributed by atoms with Crippen molar-refractivity contribution in [2.24, 2.45) is 0 Å². The zero-order valence-corrected chi connectivity index (χ0v) is 9.45. The first kappa shape index (κ1) is 14.5. The van der Waals surface area contributed by atoms with Gasteiger partial charge in [0.25, 0.3) is 0 Å². The fourth-order valence-corrected chi connectivity index (χ4v) is 1.03. The van der Waals surface area contributed by atoms with Crippen LogP contribution >= 0.6 is 0 Å². The Morgan fingerprint density at radius 3 is 1.17 bits per heavy atom. The maximum absolute atomic E-state index is 2.75. The molecule has 1 nitrogen and oxygen atoms in total. The lowest BCUT2D eigenvalue weighted by molar-refractivity contribution is 0.602. The van der Waals surface area contributed by atoms with Gasteiger partial charge in [-0.1, -0.05) is 58.8 Å². The highest BCUT2D eigenvalue weighted by Gasteiger charge is 1.85. The van der Waals surface area contributed by atoms with Crippen LogP contribution in [0.25, 0.3) is 0 Å². The molecule has 0 spiro atoms. The molecule has 0 aromatic rings. The molecule has 0 fully saturated rings. The third kappa shape index (κ3) is 22.5. The molecule has 0 bridgehead atoms. The third-order valence-electron chi connectivity index (χ3n) is 1.71. The van der Waals surface area contributed by atoms with Crippen LogP contribution in [0.3, 0.4) is 0 Å². The van der Waals surface area contributed by atoms with E-state index in [1.54, 1.807) is 0 Å². The van der Waals surface area contributed by atoms with Gasteiger partial charge in [0.05, 0.1) is 0 Å². The first-order valence-corrected chi connectivity index (χ1v) is 5.41. The average Bonchev–Trinajstić information content (AvgIpc) is 2.06. The molecule has 1 N–H and O–H groups in total. The lowest BCUT2D eigenvalue weighted by Gasteiger charge is -1.96. The van der Waals surface area contributed by atoms with E-state index in [1.807, 2.05) is 14.1 Å². The second-order valence-corrected chi connectivity index (χ2v) is 3.27. The average molecular weight is 173 g/mol. The van der Waals surface area contributed by atoms with Crippen molar-refractivity contribution in [1.82, 2.24) is 5.32 Å². The van der Waals surface area contributed by atoms with E-state index in [4.69, 9.17) is 0 Å². The molecule has 0 heterocycles. The number of unbranched alkanes of at least 4 members (excludes halogenated alkanes) is 6. The molecule has 0 aliphatic heterocycles. The van der Waals surface area contributed by atoms with Crippen molar-refractivity contribution < 1.29 is 0 Å². The van der Waals surface area contributed by atoms with Gasteiger partial charge in [0.2, 0.25) is 0 Å². The zero-order valence-electron chi connectivity index (χ0n) is 9.45. The van der Waals surface area contributed by atoms with Gasteiger partial charge in [-0.25, -0.2) is 0 Å². The predicted molar refractivity (Wildman–Crippen MR) is 58.7 cm³/mol. The summed E-state index contributed by atoms with van der Waals surface area (Å²) in [5.74, 6) is 0. The van der Waals surface area contributed by atoms with E-state index in [0.29, 0.717) is 0 Å². The van der Waals surface area contributed by atoms with E-state index in [9.17, 15) is 0 Å². The van der Waals surface area contributed by atoms with Crippen LogP contribution < -0.4 is 5.32 Å². The Labute approximate surface area is 78.9 Å². The summed E-state index contributed by atoms with van der Waals surface area (Å²) in [6, 6.07) is 0. The summed E-state index contributed by atoms with van der Waals surface area (Å²) < 4.78 is 0. The molecule has 12 heavy (non-hydrogen) atoms.